The highest BCUT2D eigenvalue weighted by Crippen LogP contribution is 2.16. The molecule has 8 nitrogen and oxygen atoms in total. The summed E-state index contributed by atoms with van der Waals surface area (Å²) in [5.41, 5.74) is 10.2. The molecule has 1 aliphatic rings. The molecule has 0 fully saturated rings. The monoisotopic (exact) mass is 422 g/mol. The molecule has 2 heterocycles. The summed E-state index contributed by atoms with van der Waals surface area (Å²) in [5.74, 6) is 0.0255. The van der Waals surface area contributed by atoms with Crippen molar-refractivity contribution < 1.29 is 9.59 Å². The van der Waals surface area contributed by atoms with Gasteiger partial charge in [-0.15, -0.1) is 0 Å². The summed E-state index contributed by atoms with van der Waals surface area (Å²) < 4.78 is 0. The van der Waals surface area contributed by atoms with Gasteiger partial charge >= 0.3 is 0 Å². The number of rotatable bonds is 7. The molecule has 2 amide bonds. The van der Waals surface area contributed by atoms with Crippen LogP contribution in [0.1, 0.15) is 46.6 Å². The fraction of sp³-hybridized carbons (Fsp3) is 0.391. The summed E-state index contributed by atoms with van der Waals surface area (Å²) in [7, 11) is 0. The van der Waals surface area contributed by atoms with Gasteiger partial charge in [-0.05, 0) is 62.6 Å². The summed E-state index contributed by atoms with van der Waals surface area (Å²) in [6.07, 6.45) is 1.68. The van der Waals surface area contributed by atoms with E-state index in [1.807, 2.05) is 63.0 Å². The van der Waals surface area contributed by atoms with Crippen LogP contribution in [0.4, 0.5) is 5.82 Å². The van der Waals surface area contributed by atoms with Gasteiger partial charge in [-0.2, -0.15) is 5.10 Å². The van der Waals surface area contributed by atoms with Crippen molar-refractivity contribution >= 4 is 23.8 Å². The number of anilines is 1. The standard InChI is InChI=1S/C23H30N6O2/c1-14(2)27-23(31)18-7-5-17(6-8-18)12-29-13-19(10-26-29)22(30)25-11-20-15(3)9-21(24)28-16(20)4/h5-10,14,19H,11-13H2,1-4H3,(H2,24,28)(H,25,30)(H,27,31). The molecule has 0 radical (unpaired) electrons. The highest BCUT2D eigenvalue weighted by Gasteiger charge is 2.24. The number of hydrogen-bond donors (Lipinski definition) is 3. The van der Waals surface area contributed by atoms with Gasteiger partial charge in [-0.1, -0.05) is 12.1 Å². The van der Waals surface area contributed by atoms with Gasteiger partial charge in [0, 0.05) is 30.1 Å². The van der Waals surface area contributed by atoms with Gasteiger partial charge in [0.25, 0.3) is 5.91 Å². The Morgan fingerprint density at radius 1 is 1.23 bits per heavy atom. The summed E-state index contributed by atoms with van der Waals surface area (Å²) in [4.78, 5) is 28.9. The van der Waals surface area contributed by atoms with Crippen LogP contribution in [-0.2, 0) is 17.9 Å². The number of nitrogen functional groups attached to an aromatic ring is 1. The van der Waals surface area contributed by atoms with Crippen LogP contribution in [0, 0.1) is 19.8 Å². The number of aromatic nitrogens is 1. The van der Waals surface area contributed by atoms with E-state index in [2.05, 4.69) is 20.7 Å². The number of nitrogens with one attached hydrogen (secondary N) is 2. The summed E-state index contributed by atoms with van der Waals surface area (Å²) in [6, 6.07) is 9.35. The molecule has 1 aromatic carbocycles. The second-order valence-corrected chi connectivity index (χ2v) is 8.19. The molecule has 3 rings (SSSR count). The minimum Gasteiger partial charge on any atom is -0.384 e. The number of amides is 2. The number of aryl methyl sites for hydroxylation is 2. The van der Waals surface area contributed by atoms with E-state index in [4.69, 9.17) is 5.73 Å². The Kier molecular flexibility index (Phi) is 6.89. The lowest BCUT2D eigenvalue weighted by Gasteiger charge is -2.17. The smallest absolute Gasteiger partial charge is 0.251 e. The molecule has 8 heteroatoms. The predicted octanol–water partition coefficient (Wildman–Crippen LogP) is 2.15. The first kappa shape index (κ1) is 22.3. The number of nitrogens with two attached hydrogens (primary N) is 1. The minimum atomic E-state index is -0.307. The number of pyridine rings is 1. The van der Waals surface area contributed by atoms with E-state index in [1.165, 1.54) is 0 Å². The van der Waals surface area contributed by atoms with E-state index >= 15 is 0 Å². The van der Waals surface area contributed by atoms with Crippen LogP contribution in [0.2, 0.25) is 0 Å². The Labute approximate surface area is 182 Å². The molecule has 1 unspecified atom stereocenters. The molecular formula is C23H30N6O2. The molecule has 164 valence electrons. The molecule has 0 spiro atoms. The van der Waals surface area contributed by atoms with Crippen LogP contribution >= 0.6 is 0 Å². The maximum absolute atomic E-state index is 12.6. The van der Waals surface area contributed by atoms with Crippen LogP contribution in [-0.4, -0.2) is 40.6 Å². The molecule has 31 heavy (non-hydrogen) atoms. The zero-order valence-electron chi connectivity index (χ0n) is 18.5. The molecule has 0 bridgehead atoms. The van der Waals surface area contributed by atoms with Crippen molar-refractivity contribution in [3.05, 3.63) is 58.3 Å². The first-order valence-corrected chi connectivity index (χ1v) is 10.4. The lowest BCUT2D eigenvalue weighted by Crippen LogP contribution is -2.34. The van der Waals surface area contributed by atoms with Crippen molar-refractivity contribution in [1.29, 1.82) is 0 Å². The number of hydrogen-bond acceptors (Lipinski definition) is 6. The maximum atomic E-state index is 12.6. The van der Waals surface area contributed by atoms with Gasteiger partial charge in [0.1, 0.15) is 5.82 Å². The molecule has 2 aromatic rings. The van der Waals surface area contributed by atoms with Gasteiger partial charge in [-0.25, -0.2) is 4.98 Å². The Hall–Kier alpha value is -3.42. The van der Waals surface area contributed by atoms with E-state index in [1.54, 1.807) is 6.21 Å². The second-order valence-electron chi connectivity index (χ2n) is 8.19. The van der Waals surface area contributed by atoms with Crippen LogP contribution in [0.3, 0.4) is 0 Å². The molecule has 1 atom stereocenters. The van der Waals surface area contributed by atoms with Crippen molar-refractivity contribution in [1.82, 2.24) is 20.6 Å². The SMILES string of the molecule is Cc1cc(N)nc(C)c1CNC(=O)C1C=NN(Cc2ccc(C(=O)NC(C)C)cc2)C1. The van der Waals surface area contributed by atoms with Gasteiger partial charge in [0.05, 0.1) is 19.0 Å². The topological polar surface area (TPSA) is 113 Å². The Morgan fingerprint density at radius 3 is 2.58 bits per heavy atom. The van der Waals surface area contributed by atoms with Crippen molar-refractivity contribution in [2.45, 2.75) is 46.8 Å². The molecular weight excluding hydrogens is 392 g/mol. The van der Waals surface area contributed by atoms with E-state index in [-0.39, 0.29) is 23.8 Å². The number of hydrazone groups is 1. The molecule has 0 saturated heterocycles. The average molecular weight is 423 g/mol. The lowest BCUT2D eigenvalue weighted by molar-refractivity contribution is -0.123. The normalized spacial score (nSPS) is 15.4. The van der Waals surface area contributed by atoms with E-state index in [9.17, 15) is 9.59 Å². The third kappa shape index (κ3) is 5.81. The van der Waals surface area contributed by atoms with Gasteiger partial charge in [-0.3, -0.25) is 14.6 Å². The molecule has 4 N–H and O–H groups in total. The van der Waals surface area contributed by atoms with Gasteiger partial charge in [0.15, 0.2) is 0 Å². The number of carbonyl (C=O) groups is 2. The fourth-order valence-corrected chi connectivity index (χ4v) is 3.53. The first-order chi connectivity index (χ1) is 14.7. The molecule has 0 aliphatic carbocycles. The Bertz CT molecular complexity index is 961. The number of carbonyl (C=O) groups excluding carboxylic acids is 2. The van der Waals surface area contributed by atoms with Crippen molar-refractivity contribution in [2.75, 3.05) is 12.3 Å². The number of nitrogens with zero attached hydrogens (tertiary/aromatic N) is 3. The minimum absolute atomic E-state index is 0.0671. The molecule has 1 aromatic heterocycles. The van der Waals surface area contributed by atoms with E-state index in [0.717, 1.165) is 22.4 Å². The number of benzene rings is 1. The lowest BCUT2D eigenvalue weighted by atomic mass is 10.1. The Balaban J connectivity index is 1.51. The van der Waals surface area contributed by atoms with Crippen LogP contribution < -0.4 is 16.4 Å². The maximum Gasteiger partial charge on any atom is 0.251 e. The highest BCUT2D eigenvalue weighted by atomic mass is 16.2. The van der Waals surface area contributed by atoms with Gasteiger partial charge < -0.3 is 16.4 Å². The summed E-state index contributed by atoms with van der Waals surface area (Å²) >= 11 is 0. The predicted molar refractivity (Wildman–Crippen MR) is 121 cm³/mol. The summed E-state index contributed by atoms with van der Waals surface area (Å²) in [5, 5.41) is 12.1. The second kappa shape index (κ2) is 9.59. The molecule has 0 saturated carbocycles. The van der Waals surface area contributed by atoms with Crippen LogP contribution in [0.15, 0.2) is 35.4 Å². The quantitative estimate of drug-likeness (QED) is 0.633. The van der Waals surface area contributed by atoms with Crippen molar-refractivity contribution in [2.24, 2.45) is 11.0 Å². The van der Waals surface area contributed by atoms with Gasteiger partial charge in [0.2, 0.25) is 5.91 Å². The zero-order chi connectivity index (χ0) is 22.5. The van der Waals surface area contributed by atoms with Crippen LogP contribution in [0.25, 0.3) is 0 Å². The van der Waals surface area contributed by atoms with Crippen molar-refractivity contribution in [3.63, 3.8) is 0 Å². The van der Waals surface area contributed by atoms with E-state index < -0.39 is 0 Å². The third-order valence-electron chi connectivity index (χ3n) is 5.17. The fourth-order valence-electron chi connectivity index (χ4n) is 3.53. The Morgan fingerprint density at radius 2 is 1.94 bits per heavy atom. The highest BCUT2D eigenvalue weighted by molar-refractivity contribution is 5.95. The van der Waals surface area contributed by atoms with Crippen LogP contribution in [0.5, 0.6) is 0 Å². The zero-order valence-corrected chi connectivity index (χ0v) is 18.5. The average Bonchev–Trinajstić information content (AvgIpc) is 3.15. The molecule has 1 aliphatic heterocycles. The third-order valence-corrected chi connectivity index (χ3v) is 5.17. The first-order valence-electron chi connectivity index (χ1n) is 10.4. The largest absolute Gasteiger partial charge is 0.384 e. The van der Waals surface area contributed by atoms with Crippen molar-refractivity contribution in [3.8, 4) is 0 Å². The van der Waals surface area contributed by atoms with E-state index in [0.29, 0.717) is 31.0 Å². The summed E-state index contributed by atoms with van der Waals surface area (Å²) in [6.45, 7) is 9.21.